The second-order valence-electron chi connectivity index (χ2n) is 5.68. The van der Waals surface area contributed by atoms with Crippen molar-refractivity contribution in [1.82, 2.24) is 5.32 Å². The second kappa shape index (κ2) is 10.8. The lowest BCUT2D eigenvalue weighted by Crippen LogP contribution is -2.30. The van der Waals surface area contributed by atoms with Gasteiger partial charge in [-0.3, -0.25) is 4.79 Å². The highest BCUT2D eigenvalue weighted by molar-refractivity contribution is 9.10. The minimum atomic E-state index is -0.241. The first kappa shape index (κ1) is 21.0. The smallest absolute Gasteiger partial charge is 0.257 e. The van der Waals surface area contributed by atoms with Crippen LogP contribution in [-0.4, -0.2) is 26.2 Å². The van der Waals surface area contributed by atoms with Crippen molar-refractivity contribution in [3.05, 3.63) is 63.6 Å². The molecule has 0 aliphatic carbocycles. The fourth-order valence-corrected chi connectivity index (χ4v) is 2.80. The fourth-order valence-electron chi connectivity index (χ4n) is 2.36. The molecular weight excluding hydrogens is 422 g/mol. The van der Waals surface area contributed by atoms with Gasteiger partial charge in [-0.2, -0.15) is 10.5 Å². The second-order valence-corrected chi connectivity index (χ2v) is 6.53. The number of nitriles is 2. The van der Waals surface area contributed by atoms with Crippen molar-refractivity contribution in [2.45, 2.75) is 6.42 Å². The quantitative estimate of drug-likeness (QED) is 0.633. The summed E-state index contributed by atoms with van der Waals surface area (Å²) in [6.45, 7) is 0.357. The van der Waals surface area contributed by atoms with Gasteiger partial charge >= 0.3 is 0 Å². The lowest BCUT2D eigenvalue weighted by molar-refractivity contribution is -0.123. The van der Waals surface area contributed by atoms with Crippen molar-refractivity contribution in [3.8, 4) is 23.6 Å². The number of carbonyl (C=O) groups excluding carboxylic acids is 1. The van der Waals surface area contributed by atoms with Gasteiger partial charge in [0.15, 0.2) is 18.1 Å². The predicted octanol–water partition coefficient (Wildman–Crippen LogP) is 3.63. The molecule has 7 heteroatoms. The monoisotopic (exact) mass is 439 g/mol. The maximum atomic E-state index is 12.0. The molecule has 1 N–H and O–H groups in total. The molecule has 0 aliphatic heterocycles. The molecule has 0 saturated heterocycles. The Hall–Kier alpha value is -3.29. The maximum Gasteiger partial charge on any atom is 0.257 e. The van der Waals surface area contributed by atoms with Crippen LogP contribution in [-0.2, 0) is 11.2 Å². The minimum absolute atomic E-state index is 0.0331. The third kappa shape index (κ3) is 6.15. The van der Waals surface area contributed by atoms with E-state index in [0.717, 1.165) is 12.0 Å². The highest BCUT2D eigenvalue weighted by atomic mass is 79.9. The molecule has 142 valence electrons. The van der Waals surface area contributed by atoms with Crippen LogP contribution in [0.1, 0.15) is 11.1 Å². The molecule has 0 saturated carbocycles. The normalized spacial score (nSPS) is 9.57. The van der Waals surface area contributed by atoms with E-state index in [1.165, 1.54) is 13.2 Å². The number of benzene rings is 2. The molecule has 0 unspecified atom stereocenters. The number of methoxy groups -OCH3 is 1. The van der Waals surface area contributed by atoms with Gasteiger partial charge in [-0.15, -0.1) is 0 Å². The Bertz CT molecular complexity index is 928. The Morgan fingerprint density at radius 2 is 1.89 bits per heavy atom. The molecule has 0 bridgehead atoms. The average molecular weight is 440 g/mol. The Balaban J connectivity index is 1.97. The van der Waals surface area contributed by atoms with Crippen LogP contribution in [0.25, 0.3) is 6.08 Å². The summed E-state index contributed by atoms with van der Waals surface area (Å²) in [5.74, 6) is 0.524. The number of hydrogen-bond acceptors (Lipinski definition) is 5. The summed E-state index contributed by atoms with van der Waals surface area (Å²) >= 11 is 3.37. The van der Waals surface area contributed by atoms with Crippen molar-refractivity contribution in [2.24, 2.45) is 0 Å². The van der Waals surface area contributed by atoms with Crippen molar-refractivity contribution >= 4 is 27.9 Å². The first-order valence-corrected chi connectivity index (χ1v) is 9.19. The van der Waals surface area contributed by atoms with Crippen molar-refractivity contribution in [1.29, 1.82) is 10.5 Å². The fraction of sp³-hybridized carbons (Fsp3) is 0.190. The molecule has 0 heterocycles. The minimum Gasteiger partial charge on any atom is -0.493 e. The molecule has 0 radical (unpaired) electrons. The topological polar surface area (TPSA) is 95.1 Å². The van der Waals surface area contributed by atoms with E-state index in [1.807, 2.05) is 30.3 Å². The first-order chi connectivity index (χ1) is 13.6. The van der Waals surface area contributed by atoms with Crippen LogP contribution in [0.15, 0.2) is 52.5 Å². The maximum absolute atomic E-state index is 12.0. The molecule has 0 aliphatic rings. The number of nitrogens with zero attached hydrogens (tertiary/aromatic N) is 2. The first-order valence-electron chi connectivity index (χ1n) is 8.40. The average Bonchev–Trinajstić information content (AvgIpc) is 2.72. The number of ether oxygens (including phenoxy) is 2. The lowest BCUT2D eigenvalue weighted by atomic mass is 10.1. The largest absolute Gasteiger partial charge is 0.493 e. The zero-order valence-electron chi connectivity index (χ0n) is 15.2. The molecule has 0 spiro atoms. The van der Waals surface area contributed by atoms with Crippen LogP contribution in [0.5, 0.6) is 11.5 Å². The van der Waals surface area contributed by atoms with Crippen LogP contribution >= 0.6 is 15.9 Å². The number of rotatable bonds is 8. The van der Waals surface area contributed by atoms with Gasteiger partial charge in [-0.1, -0.05) is 46.3 Å². The van der Waals surface area contributed by atoms with Gasteiger partial charge in [0, 0.05) is 11.0 Å². The molecule has 1 amide bonds. The van der Waals surface area contributed by atoms with E-state index in [2.05, 4.69) is 21.2 Å². The third-order valence-electron chi connectivity index (χ3n) is 3.76. The van der Waals surface area contributed by atoms with E-state index in [1.54, 1.807) is 24.3 Å². The summed E-state index contributed by atoms with van der Waals surface area (Å²) in [6, 6.07) is 16.7. The summed E-state index contributed by atoms with van der Waals surface area (Å²) < 4.78 is 11.5. The molecule has 6 nitrogen and oxygen atoms in total. The van der Waals surface area contributed by atoms with Crippen molar-refractivity contribution in [3.63, 3.8) is 0 Å². The Labute approximate surface area is 172 Å². The SMILES string of the molecule is COc1cc(C=C(C#N)C#N)c(Br)cc1OCC(=O)NCCc1ccccc1. The van der Waals surface area contributed by atoms with Crippen LogP contribution in [0.3, 0.4) is 0 Å². The van der Waals surface area contributed by atoms with Gasteiger partial charge in [0.1, 0.15) is 17.7 Å². The molecule has 2 rings (SSSR count). The van der Waals surface area contributed by atoms with Gasteiger partial charge in [0.05, 0.1) is 7.11 Å². The van der Waals surface area contributed by atoms with Crippen LogP contribution in [0.4, 0.5) is 0 Å². The van der Waals surface area contributed by atoms with E-state index >= 15 is 0 Å². The molecule has 2 aromatic carbocycles. The molecule has 2 aromatic rings. The number of amides is 1. The Morgan fingerprint density at radius 1 is 1.18 bits per heavy atom. The van der Waals surface area contributed by atoms with Gasteiger partial charge < -0.3 is 14.8 Å². The Kier molecular flexibility index (Phi) is 8.08. The van der Waals surface area contributed by atoms with Gasteiger partial charge in [-0.05, 0) is 35.8 Å². The molecule has 0 atom stereocenters. The van der Waals surface area contributed by atoms with E-state index in [4.69, 9.17) is 20.0 Å². The van der Waals surface area contributed by atoms with Crippen LogP contribution < -0.4 is 14.8 Å². The van der Waals surface area contributed by atoms with E-state index in [0.29, 0.717) is 28.1 Å². The standard InChI is InChI=1S/C21H18BrN3O3/c1-27-19-10-17(9-16(12-23)13-24)18(22)11-20(19)28-14-21(26)25-8-7-15-5-3-2-4-6-15/h2-6,9-11H,7-8,14H2,1H3,(H,25,26). The molecule has 28 heavy (non-hydrogen) atoms. The third-order valence-corrected chi connectivity index (χ3v) is 4.45. The highest BCUT2D eigenvalue weighted by Gasteiger charge is 2.12. The molecule has 0 fully saturated rings. The highest BCUT2D eigenvalue weighted by Crippen LogP contribution is 2.34. The number of nitrogens with one attached hydrogen (secondary N) is 1. The predicted molar refractivity (Wildman–Crippen MR) is 109 cm³/mol. The van der Waals surface area contributed by atoms with E-state index in [9.17, 15) is 4.79 Å². The summed E-state index contributed by atoms with van der Waals surface area (Å²) in [5.41, 5.74) is 1.70. The van der Waals surface area contributed by atoms with E-state index < -0.39 is 0 Å². The number of allylic oxidation sites excluding steroid dienone is 1. The van der Waals surface area contributed by atoms with Gasteiger partial charge in [0.25, 0.3) is 5.91 Å². The number of hydrogen-bond donors (Lipinski definition) is 1. The Morgan fingerprint density at radius 3 is 2.54 bits per heavy atom. The van der Waals surface area contributed by atoms with E-state index in [-0.39, 0.29) is 18.1 Å². The van der Waals surface area contributed by atoms with Crippen LogP contribution in [0.2, 0.25) is 0 Å². The van der Waals surface area contributed by atoms with Crippen molar-refractivity contribution < 1.29 is 14.3 Å². The summed E-state index contributed by atoms with van der Waals surface area (Å²) in [5, 5.41) is 20.6. The summed E-state index contributed by atoms with van der Waals surface area (Å²) in [4.78, 5) is 12.0. The molecule has 0 aromatic heterocycles. The van der Waals surface area contributed by atoms with Crippen LogP contribution in [0, 0.1) is 22.7 Å². The number of halogens is 1. The lowest BCUT2D eigenvalue weighted by Gasteiger charge is -2.13. The number of carbonyl (C=O) groups is 1. The summed E-state index contributed by atoms with van der Waals surface area (Å²) in [6.07, 6.45) is 2.18. The van der Waals surface area contributed by atoms with Gasteiger partial charge in [-0.25, -0.2) is 0 Å². The van der Waals surface area contributed by atoms with Crippen molar-refractivity contribution in [2.75, 3.05) is 20.3 Å². The van der Waals surface area contributed by atoms with Gasteiger partial charge in [0.2, 0.25) is 0 Å². The summed E-state index contributed by atoms with van der Waals surface area (Å²) in [7, 11) is 1.47. The molecular formula is C21H18BrN3O3. The zero-order valence-corrected chi connectivity index (χ0v) is 16.8. The zero-order chi connectivity index (χ0) is 20.4.